The number of benzene rings is 1. The van der Waals surface area contributed by atoms with Crippen molar-refractivity contribution < 1.29 is 4.39 Å². The summed E-state index contributed by atoms with van der Waals surface area (Å²) in [5.41, 5.74) is 7.61. The van der Waals surface area contributed by atoms with Gasteiger partial charge in [-0.3, -0.25) is 9.71 Å². The molecule has 116 valence electrons. The monoisotopic (exact) mass is 309 g/mol. The van der Waals surface area contributed by atoms with Crippen LogP contribution in [0.25, 0.3) is 5.57 Å². The normalized spacial score (nSPS) is 14.7. The lowest BCUT2D eigenvalue weighted by Gasteiger charge is -2.22. The molecule has 1 aromatic carbocycles. The number of nitrogens with one attached hydrogen (secondary N) is 1. The van der Waals surface area contributed by atoms with E-state index in [2.05, 4.69) is 30.5 Å². The van der Waals surface area contributed by atoms with Crippen LogP contribution < -0.4 is 10.5 Å². The van der Waals surface area contributed by atoms with Gasteiger partial charge in [0, 0.05) is 41.4 Å². The van der Waals surface area contributed by atoms with Crippen molar-refractivity contribution in [1.29, 1.82) is 0 Å². The Morgan fingerprint density at radius 3 is 2.57 bits per heavy atom. The maximum atomic E-state index is 14.3. The molecule has 1 atom stereocenters. The second-order valence-electron chi connectivity index (χ2n) is 5.80. The van der Waals surface area contributed by atoms with Crippen LogP contribution >= 0.6 is 11.9 Å². The van der Waals surface area contributed by atoms with Crippen molar-refractivity contribution >= 4 is 23.7 Å². The Morgan fingerprint density at radius 2 is 2.10 bits per heavy atom. The Kier molecular flexibility index (Phi) is 6.42. The molecular formula is C16H24FN3S. The predicted molar refractivity (Wildman–Crippen MR) is 91.9 cm³/mol. The highest BCUT2D eigenvalue weighted by molar-refractivity contribution is 7.98. The minimum atomic E-state index is -0.245. The van der Waals surface area contributed by atoms with Crippen LogP contribution in [0.5, 0.6) is 0 Å². The fourth-order valence-electron chi connectivity index (χ4n) is 1.74. The summed E-state index contributed by atoms with van der Waals surface area (Å²) >= 11 is 1.60. The van der Waals surface area contributed by atoms with E-state index in [0.29, 0.717) is 11.1 Å². The summed E-state index contributed by atoms with van der Waals surface area (Å²) in [5.74, 6) is -0.245. The van der Waals surface area contributed by atoms with Gasteiger partial charge in [0.2, 0.25) is 0 Å². The van der Waals surface area contributed by atoms with Gasteiger partial charge in [-0.15, -0.1) is 0 Å². The minimum Gasteiger partial charge on any atom is -0.404 e. The molecule has 1 unspecified atom stereocenters. The Hall–Kier alpha value is -1.33. The summed E-state index contributed by atoms with van der Waals surface area (Å²) in [6.07, 6.45) is 3.05. The van der Waals surface area contributed by atoms with E-state index in [-0.39, 0.29) is 16.6 Å². The van der Waals surface area contributed by atoms with Gasteiger partial charge in [0.25, 0.3) is 0 Å². The van der Waals surface area contributed by atoms with Gasteiger partial charge < -0.3 is 5.73 Å². The molecule has 0 aliphatic carbocycles. The average molecular weight is 309 g/mol. The van der Waals surface area contributed by atoms with Crippen LogP contribution in [0, 0.1) is 5.82 Å². The Balaban J connectivity index is 2.92. The van der Waals surface area contributed by atoms with Crippen LogP contribution in [0.15, 0.2) is 29.4 Å². The van der Waals surface area contributed by atoms with Gasteiger partial charge in [0.05, 0.1) is 0 Å². The first-order valence-corrected chi connectivity index (χ1v) is 7.67. The zero-order valence-electron chi connectivity index (χ0n) is 13.3. The quantitative estimate of drug-likeness (QED) is 0.640. The fraction of sp³-hybridized carbons (Fsp3) is 0.438. The summed E-state index contributed by atoms with van der Waals surface area (Å²) in [6.45, 7) is 8.28. The summed E-state index contributed by atoms with van der Waals surface area (Å²) in [6, 6.07) is 5.07. The Labute approximate surface area is 131 Å². The minimum absolute atomic E-state index is 0.0755. The van der Waals surface area contributed by atoms with E-state index >= 15 is 0 Å². The fourth-order valence-corrected chi connectivity index (χ4v) is 2.40. The lowest BCUT2D eigenvalue weighted by Crippen LogP contribution is -2.20. The smallest absolute Gasteiger partial charge is 0.128 e. The lowest BCUT2D eigenvalue weighted by atomic mass is 10.0. The standard InChI is InChI=1S/C16H24FN3S/c1-11(20-21-16(2,3)4)14-7-6-12(8-15(14)17)13(9-18)10-19-5/h6-11,20H,18H2,1-5H3. The third kappa shape index (κ3) is 5.52. The van der Waals surface area contributed by atoms with Gasteiger partial charge in [-0.25, -0.2) is 4.39 Å². The molecule has 0 amide bonds. The molecule has 21 heavy (non-hydrogen) atoms. The number of hydrogen-bond donors (Lipinski definition) is 2. The molecule has 0 saturated heterocycles. The van der Waals surface area contributed by atoms with Crippen molar-refractivity contribution in [3.63, 3.8) is 0 Å². The van der Waals surface area contributed by atoms with Crippen molar-refractivity contribution in [2.24, 2.45) is 10.7 Å². The van der Waals surface area contributed by atoms with Crippen LogP contribution in [0.2, 0.25) is 0 Å². The molecule has 5 heteroatoms. The van der Waals surface area contributed by atoms with Crippen LogP contribution in [0.4, 0.5) is 4.39 Å². The molecule has 0 spiro atoms. The molecule has 0 aromatic heterocycles. The lowest BCUT2D eigenvalue weighted by molar-refractivity contribution is 0.583. The average Bonchev–Trinajstić information content (AvgIpc) is 2.41. The number of nitrogens with two attached hydrogens (primary N) is 1. The molecule has 1 aromatic rings. The first kappa shape index (κ1) is 17.7. The van der Waals surface area contributed by atoms with Gasteiger partial charge in [-0.2, -0.15) is 0 Å². The number of rotatable bonds is 5. The predicted octanol–water partition coefficient (Wildman–Crippen LogP) is 3.92. The number of hydrogen-bond acceptors (Lipinski definition) is 4. The molecular weight excluding hydrogens is 285 g/mol. The van der Waals surface area contributed by atoms with Crippen molar-refractivity contribution in [3.8, 4) is 0 Å². The highest BCUT2D eigenvalue weighted by atomic mass is 32.2. The molecule has 1 rings (SSSR count). The molecule has 3 nitrogen and oxygen atoms in total. The molecule has 0 radical (unpaired) electrons. The topological polar surface area (TPSA) is 50.4 Å². The maximum Gasteiger partial charge on any atom is 0.128 e. The van der Waals surface area contributed by atoms with Crippen molar-refractivity contribution in [2.75, 3.05) is 7.05 Å². The van der Waals surface area contributed by atoms with Crippen LogP contribution in [0.3, 0.4) is 0 Å². The largest absolute Gasteiger partial charge is 0.404 e. The Morgan fingerprint density at radius 1 is 1.43 bits per heavy atom. The first-order valence-electron chi connectivity index (χ1n) is 6.86. The van der Waals surface area contributed by atoms with Crippen molar-refractivity contribution in [3.05, 3.63) is 41.3 Å². The van der Waals surface area contributed by atoms with E-state index in [1.807, 2.05) is 13.0 Å². The van der Waals surface area contributed by atoms with Crippen molar-refractivity contribution in [1.82, 2.24) is 4.72 Å². The van der Waals surface area contributed by atoms with Crippen LogP contribution in [-0.2, 0) is 0 Å². The van der Waals surface area contributed by atoms with E-state index in [1.54, 1.807) is 31.3 Å². The summed E-state index contributed by atoms with van der Waals surface area (Å²) in [4.78, 5) is 3.92. The number of aliphatic imine (C=N–C) groups is 1. The van der Waals surface area contributed by atoms with E-state index < -0.39 is 0 Å². The van der Waals surface area contributed by atoms with Gasteiger partial charge in [-0.1, -0.05) is 24.1 Å². The summed E-state index contributed by atoms with van der Waals surface area (Å²) < 4.78 is 17.7. The molecule has 0 bridgehead atoms. The SMILES string of the molecule is CN=CC(=CN)c1ccc(C(C)NSC(C)(C)C)c(F)c1. The van der Waals surface area contributed by atoms with Gasteiger partial charge in [-0.05, 0) is 39.3 Å². The Bertz CT molecular complexity index is 533. The van der Waals surface area contributed by atoms with Gasteiger partial charge >= 0.3 is 0 Å². The molecule has 0 fully saturated rings. The van der Waals surface area contributed by atoms with Gasteiger partial charge in [0.1, 0.15) is 5.82 Å². The highest BCUT2D eigenvalue weighted by Gasteiger charge is 2.16. The van der Waals surface area contributed by atoms with E-state index in [1.165, 1.54) is 12.3 Å². The number of allylic oxidation sites excluding steroid dienone is 1. The van der Waals surface area contributed by atoms with E-state index in [9.17, 15) is 4.39 Å². The first-order chi connectivity index (χ1) is 9.78. The second-order valence-corrected chi connectivity index (χ2v) is 7.46. The zero-order chi connectivity index (χ0) is 16.0. The molecule has 3 N–H and O–H groups in total. The van der Waals surface area contributed by atoms with Gasteiger partial charge in [0.15, 0.2) is 0 Å². The van der Waals surface area contributed by atoms with Crippen LogP contribution in [0.1, 0.15) is 44.9 Å². The second kappa shape index (κ2) is 7.61. The number of halogens is 1. The molecule has 0 aliphatic rings. The third-order valence-corrected chi connectivity index (χ3v) is 3.87. The third-order valence-electron chi connectivity index (χ3n) is 2.79. The molecule has 0 aliphatic heterocycles. The van der Waals surface area contributed by atoms with Crippen molar-refractivity contribution in [2.45, 2.75) is 38.5 Å². The highest BCUT2D eigenvalue weighted by Crippen LogP contribution is 2.26. The summed E-state index contributed by atoms with van der Waals surface area (Å²) in [7, 11) is 1.66. The maximum absolute atomic E-state index is 14.3. The zero-order valence-corrected chi connectivity index (χ0v) is 14.1. The molecule has 0 heterocycles. The number of nitrogens with zero attached hydrogens (tertiary/aromatic N) is 1. The summed E-state index contributed by atoms with van der Waals surface area (Å²) in [5, 5.41) is 0. The van der Waals surface area contributed by atoms with Crippen LogP contribution in [-0.4, -0.2) is 18.0 Å². The van der Waals surface area contributed by atoms with E-state index in [4.69, 9.17) is 5.73 Å². The molecule has 0 saturated carbocycles. The van der Waals surface area contributed by atoms with E-state index in [0.717, 1.165) is 5.56 Å².